The van der Waals surface area contributed by atoms with Crippen LogP contribution in [0.2, 0.25) is 0 Å². The molecule has 0 aliphatic heterocycles. The van der Waals surface area contributed by atoms with E-state index in [0.717, 1.165) is 12.1 Å². The molecule has 6 heteroatoms. The highest BCUT2D eigenvalue weighted by atomic mass is 19.4. The molecular formula is C11H7F3N2O. The molecule has 1 heterocycles. The van der Waals surface area contributed by atoms with E-state index in [1.165, 1.54) is 6.07 Å². The average molecular weight is 240 g/mol. The van der Waals surface area contributed by atoms with Gasteiger partial charge in [0.2, 0.25) is 0 Å². The molecule has 0 amide bonds. The lowest BCUT2D eigenvalue weighted by Gasteiger charge is -2.07. The summed E-state index contributed by atoms with van der Waals surface area (Å²) in [7, 11) is 0. The largest absolute Gasteiger partial charge is 0.416 e. The number of hydrogen-bond donors (Lipinski definition) is 0. The third kappa shape index (κ3) is 2.11. The monoisotopic (exact) mass is 240 g/mol. The molecule has 0 unspecified atom stereocenters. The Kier molecular flexibility index (Phi) is 2.57. The molecule has 88 valence electrons. The van der Waals surface area contributed by atoms with Gasteiger partial charge in [-0.15, -0.1) is 0 Å². The summed E-state index contributed by atoms with van der Waals surface area (Å²) in [5.41, 5.74) is 0.0395. The van der Waals surface area contributed by atoms with E-state index in [9.17, 15) is 18.0 Å². The molecule has 17 heavy (non-hydrogen) atoms. The van der Waals surface area contributed by atoms with Crippen LogP contribution in [0, 0.1) is 6.92 Å². The van der Waals surface area contributed by atoms with Crippen LogP contribution in [0.4, 0.5) is 13.2 Å². The van der Waals surface area contributed by atoms with Gasteiger partial charge in [-0.3, -0.25) is 4.79 Å². The van der Waals surface area contributed by atoms with Crippen LogP contribution < -0.4 is 0 Å². The van der Waals surface area contributed by atoms with E-state index >= 15 is 0 Å². The number of halogens is 3. The fraction of sp³-hybridized carbons (Fsp3) is 0.182. The van der Waals surface area contributed by atoms with Gasteiger partial charge in [-0.05, 0) is 25.1 Å². The molecular weight excluding hydrogens is 233 g/mol. The number of carbonyl (C=O) groups is 1. The van der Waals surface area contributed by atoms with Crippen LogP contribution in [0.5, 0.6) is 0 Å². The molecule has 3 nitrogen and oxygen atoms in total. The van der Waals surface area contributed by atoms with Crippen molar-refractivity contribution in [3.05, 3.63) is 35.2 Å². The van der Waals surface area contributed by atoms with E-state index in [1.54, 1.807) is 6.92 Å². The van der Waals surface area contributed by atoms with Gasteiger partial charge in [-0.2, -0.15) is 13.2 Å². The molecule has 0 aliphatic carbocycles. The van der Waals surface area contributed by atoms with Gasteiger partial charge in [0.1, 0.15) is 5.69 Å². The number of hydrogen-bond acceptors (Lipinski definition) is 3. The van der Waals surface area contributed by atoms with Crippen LogP contribution in [-0.4, -0.2) is 16.3 Å². The highest BCUT2D eigenvalue weighted by Gasteiger charge is 2.30. The number of nitrogens with zero attached hydrogens (tertiary/aromatic N) is 2. The predicted octanol–water partition coefficient (Wildman–Crippen LogP) is 2.77. The van der Waals surface area contributed by atoms with Crippen LogP contribution in [0.3, 0.4) is 0 Å². The quantitative estimate of drug-likeness (QED) is 0.720. The van der Waals surface area contributed by atoms with Gasteiger partial charge in [0.25, 0.3) is 0 Å². The molecule has 2 rings (SSSR count). The summed E-state index contributed by atoms with van der Waals surface area (Å²) >= 11 is 0. The van der Waals surface area contributed by atoms with E-state index in [0.29, 0.717) is 17.5 Å². The van der Waals surface area contributed by atoms with Crippen molar-refractivity contribution in [1.29, 1.82) is 0 Å². The first-order chi connectivity index (χ1) is 7.91. The van der Waals surface area contributed by atoms with E-state index in [-0.39, 0.29) is 11.2 Å². The maximum atomic E-state index is 12.5. The van der Waals surface area contributed by atoms with Gasteiger partial charge >= 0.3 is 6.18 Å². The van der Waals surface area contributed by atoms with Crippen molar-refractivity contribution in [3.63, 3.8) is 0 Å². The molecule has 0 bridgehead atoms. The second kappa shape index (κ2) is 3.80. The second-order valence-electron chi connectivity index (χ2n) is 3.51. The zero-order valence-electron chi connectivity index (χ0n) is 8.75. The Morgan fingerprint density at radius 1 is 1.18 bits per heavy atom. The molecule has 0 spiro atoms. The predicted molar refractivity (Wildman–Crippen MR) is 54.7 cm³/mol. The summed E-state index contributed by atoms with van der Waals surface area (Å²) in [5, 5.41) is 0. The third-order valence-electron chi connectivity index (χ3n) is 2.31. The molecule has 0 saturated carbocycles. The Labute approximate surface area is 94.3 Å². The number of aryl methyl sites for hydroxylation is 1. The summed E-state index contributed by atoms with van der Waals surface area (Å²) in [5.74, 6) is 0. The van der Waals surface area contributed by atoms with Crippen molar-refractivity contribution in [2.75, 3.05) is 0 Å². The van der Waals surface area contributed by atoms with Crippen LogP contribution >= 0.6 is 0 Å². The Bertz CT molecular complexity index is 593. The third-order valence-corrected chi connectivity index (χ3v) is 2.31. The van der Waals surface area contributed by atoms with Crippen molar-refractivity contribution >= 4 is 17.3 Å². The normalized spacial score (nSPS) is 11.8. The lowest BCUT2D eigenvalue weighted by Crippen LogP contribution is -2.05. The minimum atomic E-state index is -4.43. The van der Waals surface area contributed by atoms with E-state index in [2.05, 4.69) is 9.97 Å². The molecule has 1 aromatic heterocycles. The van der Waals surface area contributed by atoms with E-state index < -0.39 is 11.7 Å². The lowest BCUT2D eigenvalue weighted by atomic mass is 10.2. The van der Waals surface area contributed by atoms with Crippen molar-refractivity contribution in [3.8, 4) is 0 Å². The summed E-state index contributed by atoms with van der Waals surface area (Å²) < 4.78 is 37.4. The van der Waals surface area contributed by atoms with Gasteiger partial charge in [-0.25, -0.2) is 9.97 Å². The zero-order chi connectivity index (χ0) is 12.6. The number of aldehydes is 1. The van der Waals surface area contributed by atoms with Gasteiger partial charge in [0, 0.05) is 0 Å². The standard InChI is InChI=1S/C11H7F3N2O/c1-6-10(5-17)16-9-4-7(11(12,13)14)2-3-8(9)15-6/h2-5H,1H3. The summed E-state index contributed by atoms with van der Waals surface area (Å²) in [6.07, 6.45) is -3.95. The number of aromatic nitrogens is 2. The zero-order valence-corrected chi connectivity index (χ0v) is 8.75. The Hall–Kier alpha value is -1.98. The molecule has 1 aromatic carbocycles. The highest BCUT2D eigenvalue weighted by Crippen LogP contribution is 2.30. The molecule has 0 atom stereocenters. The Morgan fingerprint density at radius 2 is 1.88 bits per heavy atom. The highest BCUT2D eigenvalue weighted by molar-refractivity contribution is 5.81. The number of fused-ring (bicyclic) bond motifs is 1. The molecule has 2 aromatic rings. The first-order valence-electron chi connectivity index (χ1n) is 4.72. The Morgan fingerprint density at radius 3 is 2.47 bits per heavy atom. The van der Waals surface area contributed by atoms with Crippen molar-refractivity contribution < 1.29 is 18.0 Å². The number of rotatable bonds is 1. The van der Waals surface area contributed by atoms with Crippen molar-refractivity contribution in [1.82, 2.24) is 9.97 Å². The maximum Gasteiger partial charge on any atom is 0.416 e. The Balaban J connectivity index is 2.69. The minimum absolute atomic E-state index is 0.0526. The fourth-order valence-electron chi connectivity index (χ4n) is 1.44. The lowest BCUT2D eigenvalue weighted by molar-refractivity contribution is -0.137. The fourth-order valence-corrected chi connectivity index (χ4v) is 1.44. The molecule has 0 radical (unpaired) electrons. The van der Waals surface area contributed by atoms with Gasteiger partial charge in [0.15, 0.2) is 6.29 Å². The first kappa shape index (κ1) is 11.5. The first-order valence-corrected chi connectivity index (χ1v) is 4.72. The molecule has 0 aliphatic rings. The van der Waals surface area contributed by atoms with Crippen LogP contribution in [-0.2, 0) is 6.18 Å². The van der Waals surface area contributed by atoms with E-state index in [4.69, 9.17) is 0 Å². The van der Waals surface area contributed by atoms with Crippen molar-refractivity contribution in [2.45, 2.75) is 13.1 Å². The maximum absolute atomic E-state index is 12.5. The minimum Gasteiger partial charge on any atom is -0.296 e. The van der Waals surface area contributed by atoms with Gasteiger partial charge in [0.05, 0.1) is 22.3 Å². The van der Waals surface area contributed by atoms with Crippen LogP contribution in [0.1, 0.15) is 21.7 Å². The SMILES string of the molecule is Cc1nc2ccc(C(F)(F)F)cc2nc1C=O. The number of alkyl halides is 3. The van der Waals surface area contributed by atoms with E-state index in [1.807, 2.05) is 0 Å². The summed E-state index contributed by atoms with van der Waals surface area (Å²) in [4.78, 5) is 18.5. The van der Waals surface area contributed by atoms with Gasteiger partial charge < -0.3 is 0 Å². The van der Waals surface area contributed by atoms with Crippen molar-refractivity contribution in [2.24, 2.45) is 0 Å². The summed E-state index contributed by atoms with van der Waals surface area (Å²) in [6, 6.07) is 3.07. The topological polar surface area (TPSA) is 42.9 Å². The summed E-state index contributed by atoms with van der Waals surface area (Å²) in [6.45, 7) is 1.58. The number of carbonyl (C=O) groups excluding carboxylic acids is 1. The van der Waals surface area contributed by atoms with Crippen LogP contribution in [0.25, 0.3) is 11.0 Å². The molecule has 0 N–H and O–H groups in total. The smallest absolute Gasteiger partial charge is 0.296 e. The average Bonchev–Trinajstić information content (AvgIpc) is 2.26. The molecule has 0 saturated heterocycles. The second-order valence-corrected chi connectivity index (χ2v) is 3.51. The number of benzene rings is 1. The van der Waals surface area contributed by atoms with Gasteiger partial charge in [-0.1, -0.05) is 0 Å². The van der Waals surface area contributed by atoms with Crippen LogP contribution in [0.15, 0.2) is 18.2 Å². The molecule has 0 fully saturated rings.